The van der Waals surface area contributed by atoms with Crippen LogP contribution in [0.15, 0.2) is 24.3 Å². The highest BCUT2D eigenvalue weighted by Crippen LogP contribution is 2.31. The number of ether oxygens (including phenoxy) is 1. The largest absolute Gasteiger partial charge is 0.490 e. The van der Waals surface area contributed by atoms with Crippen LogP contribution in [-0.4, -0.2) is 23.4 Å². The molecule has 1 aromatic carbocycles. The van der Waals surface area contributed by atoms with E-state index in [1.807, 2.05) is 12.1 Å². The molecule has 0 heterocycles. The second kappa shape index (κ2) is 5.29. The first kappa shape index (κ1) is 13.4. The Bertz CT molecular complexity index is 388. The molecule has 0 aliphatic heterocycles. The lowest BCUT2D eigenvalue weighted by molar-refractivity contribution is 0.165. The molecule has 0 amide bonds. The van der Waals surface area contributed by atoms with Crippen LogP contribution < -0.4 is 10.5 Å². The summed E-state index contributed by atoms with van der Waals surface area (Å²) >= 11 is 0. The fourth-order valence-electron chi connectivity index (χ4n) is 2.47. The van der Waals surface area contributed by atoms with Crippen molar-refractivity contribution in [1.82, 2.24) is 0 Å². The van der Waals surface area contributed by atoms with Gasteiger partial charge in [0, 0.05) is 12.0 Å². The zero-order valence-corrected chi connectivity index (χ0v) is 11.2. The minimum absolute atomic E-state index is 0.0408. The summed E-state index contributed by atoms with van der Waals surface area (Å²) in [7, 11) is 0. The molecule has 0 radical (unpaired) electrons. The van der Waals surface area contributed by atoms with E-state index in [0.29, 0.717) is 5.92 Å². The Morgan fingerprint density at radius 2 is 2.06 bits per heavy atom. The zero-order valence-electron chi connectivity index (χ0n) is 11.2. The number of aliphatic hydroxyl groups is 1. The van der Waals surface area contributed by atoms with E-state index in [2.05, 4.69) is 26.0 Å². The van der Waals surface area contributed by atoms with Crippen molar-refractivity contribution in [2.45, 2.75) is 50.7 Å². The van der Waals surface area contributed by atoms with Gasteiger partial charge in [0.05, 0.1) is 6.61 Å². The maximum absolute atomic E-state index is 9.23. The van der Waals surface area contributed by atoms with Gasteiger partial charge in [-0.15, -0.1) is 0 Å². The molecule has 3 N–H and O–H groups in total. The number of aliphatic hydroxyl groups excluding tert-OH is 1. The first-order valence-electron chi connectivity index (χ1n) is 6.69. The summed E-state index contributed by atoms with van der Waals surface area (Å²) in [4.78, 5) is 0. The fraction of sp³-hybridized carbons (Fsp3) is 0.600. The van der Waals surface area contributed by atoms with Crippen LogP contribution in [0.2, 0.25) is 0 Å². The van der Waals surface area contributed by atoms with Gasteiger partial charge >= 0.3 is 0 Å². The lowest BCUT2D eigenvalue weighted by Gasteiger charge is -2.21. The van der Waals surface area contributed by atoms with Crippen molar-refractivity contribution in [3.8, 4) is 5.75 Å². The van der Waals surface area contributed by atoms with E-state index >= 15 is 0 Å². The van der Waals surface area contributed by atoms with Crippen LogP contribution in [0.25, 0.3) is 0 Å². The maximum atomic E-state index is 9.23. The van der Waals surface area contributed by atoms with E-state index < -0.39 is 5.54 Å². The Labute approximate surface area is 109 Å². The SMILES string of the molecule is CC(C)c1ccc(OC2CCC(N)(CO)C2)cc1. The number of nitrogens with two attached hydrogens (primary N) is 1. The molecule has 1 aliphatic rings. The molecule has 2 rings (SSSR count). The van der Waals surface area contributed by atoms with Gasteiger partial charge in [0.15, 0.2) is 0 Å². The second-order valence-corrected chi connectivity index (χ2v) is 5.73. The van der Waals surface area contributed by atoms with E-state index in [-0.39, 0.29) is 12.7 Å². The van der Waals surface area contributed by atoms with Gasteiger partial charge in [-0.3, -0.25) is 0 Å². The summed E-state index contributed by atoms with van der Waals surface area (Å²) in [5.41, 5.74) is 6.91. The van der Waals surface area contributed by atoms with Crippen LogP contribution in [0, 0.1) is 0 Å². The lowest BCUT2D eigenvalue weighted by Crippen LogP contribution is -2.41. The van der Waals surface area contributed by atoms with E-state index in [9.17, 15) is 5.11 Å². The lowest BCUT2D eigenvalue weighted by atomic mass is 10.0. The van der Waals surface area contributed by atoms with Gasteiger partial charge in [0.2, 0.25) is 0 Å². The molecular weight excluding hydrogens is 226 g/mol. The minimum atomic E-state index is -0.442. The molecule has 1 saturated carbocycles. The minimum Gasteiger partial charge on any atom is -0.490 e. The first-order valence-corrected chi connectivity index (χ1v) is 6.69. The van der Waals surface area contributed by atoms with Gasteiger partial charge < -0.3 is 15.6 Å². The van der Waals surface area contributed by atoms with Gasteiger partial charge in [-0.1, -0.05) is 26.0 Å². The molecule has 2 atom stereocenters. The van der Waals surface area contributed by atoms with Crippen molar-refractivity contribution >= 4 is 0 Å². The smallest absolute Gasteiger partial charge is 0.119 e. The van der Waals surface area contributed by atoms with E-state index in [1.165, 1.54) is 5.56 Å². The van der Waals surface area contributed by atoms with Crippen molar-refractivity contribution in [1.29, 1.82) is 0 Å². The van der Waals surface area contributed by atoms with Gasteiger partial charge in [-0.05, 0) is 36.5 Å². The van der Waals surface area contributed by atoms with Crippen LogP contribution in [0.1, 0.15) is 44.6 Å². The third-order valence-electron chi connectivity index (χ3n) is 3.76. The normalized spacial score (nSPS) is 27.7. The van der Waals surface area contributed by atoms with Gasteiger partial charge in [0.1, 0.15) is 11.9 Å². The molecule has 3 heteroatoms. The van der Waals surface area contributed by atoms with Gasteiger partial charge in [-0.2, -0.15) is 0 Å². The summed E-state index contributed by atoms with van der Waals surface area (Å²) in [6, 6.07) is 8.25. The summed E-state index contributed by atoms with van der Waals surface area (Å²) in [5.74, 6) is 1.43. The average Bonchev–Trinajstić information content (AvgIpc) is 2.72. The second-order valence-electron chi connectivity index (χ2n) is 5.73. The van der Waals surface area contributed by atoms with E-state index in [4.69, 9.17) is 10.5 Å². The quantitative estimate of drug-likeness (QED) is 0.861. The molecular formula is C15H23NO2. The van der Waals surface area contributed by atoms with Crippen LogP contribution >= 0.6 is 0 Å². The molecule has 0 aromatic heterocycles. The molecule has 1 aliphatic carbocycles. The molecule has 18 heavy (non-hydrogen) atoms. The molecule has 100 valence electrons. The topological polar surface area (TPSA) is 55.5 Å². The Balaban J connectivity index is 1.94. The third kappa shape index (κ3) is 3.03. The predicted molar refractivity (Wildman–Crippen MR) is 72.8 cm³/mol. The van der Waals surface area contributed by atoms with Crippen molar-refractivity contribution < 1.29 is 9.84 Å². The van der Waals surface area contributed by atoms with Crippen LogP contribution in [-0.2, 0) is 0 Å². The average molecular weight is 249 g/mol. The molecule has 0 spiro atoms. The fourth-order valence-corrected chi connectivity index (χ4v) is 2.47. The highest BCUT2D eigenvalue weighted by Gasteiger charge is 2.36. The van der Waals surface area contributed by atoms with Gasteiger partial charge in [0.25, 0.3) is 0 Å². The maximum Gasteiger partial charge on any atom is 0.119 e. The van der Waals surface area contributed by atoms with Gasteiger partial charge in [-0.25, -0.2) is 0 Å². The molecule has 3 nitrogen and oxygen atoms in total. The molecule has 0 bridgehead atoms. The Kier molecular flexibility index (Phi) is 3.93. The number of hydrogen-bond acceptors (Lipinski definition) is 3. The molecule has 1 aromatic rings. The monoisotopic (exact) mass is 249 g/mol. The first-order chi connectivity index (χ1) is 8.52. The Morgan fingerprint density at radius 1 is 1.39 bits per heavy atom. The number of hydrogen-bond donors (Lipinski definition) is 2. The Hall–Kier alpha value is -1.06. The van der Waals surface area contributed by atoms with E-state index in [0.717, 1.165) is 25.0 Å². The number of rotatable bonds is 4. The highest BCUT2D eigenvalue weighted by atomic mass is 16.5. The zero-order chi connectivity index (χ0) is 13.2. The Morgan fingerprint density at radius 3 is 2.56 bits per heavy atom. The molecule has 1 fully saturated rings. The van der Waals surface area contributed by atoms with Crippen molar-refractivity contribution in [2.24, 2.45) is 5.73 Å². The summed E-state index contributed by atoms with van der Waals surface area (Å²) in [5, 5.41) is 9.23. The summed E-state index contributed by atoms with van der Waals surface area (Å²) in [6.45, 7) is 4.40. The van der Waals surface area contributed by atoms with E-state index in [1.54, 1.807) is 0 Å². The highest BCUT2D eigenvalue weighted by molar-refractivity contribution is 5.29. The van der Waals surface area contributed by atoms with Crippen LogP contribution in [0.5, 0.6) is 5.75 Å². The van der Waals surface area contributed by atoms with Crippen molar-refractivity contribution in [3.05, 3.63) is 29.8 Å². The summed E-state index contributed by atoms with van der Waals surface area (Å²) < 4.78 is 5.92. The molecule has 0 saturated heterocycles. The van der Waals surface area contributed by atoms with Crippen molar-refractivity contribution in [2.75, 3.05) is 6.61 Å². The predicted octanol–water partition coefficient (Wildman–Crippen LogP) is 2.43. The third-order valence-corrected chi connectivity index (χ3v) is 3.76. The molecule has 2 unspecified atom stereocenters. The summed E-state index contributed by atoms with van der Waals surface area (Å²) in [6.07, 6.45) is 2.61. The standard InChI is InChI=1S/C15H23NO2/c1-11(2)12-3-5-13(6-4-12)18-14-7-8-15(16,9-14)10-17/h3-6,11,14,17H,7-10,16H2,1-2H3. The van der Waals surface area contributed by atoms with Crippen LogP contribution in [0.3, 0.4) is 0 Å². The number of benzene rings is 1. The van der Waals surface area contributed by atoms with Crippen LogP contribution in [0.4, 0.5) is 0 Å². The van der Waals surface area contributed by atoms with Crippen molar-refractivity contribution in [3.63, 3.8) is 0 Å².